The molecule has 1 heterocycles. The van der Waals surface area contributed by atoms with Crippen LogP contribution in [0.3, 0.4) is 0 Å². The second-order valence-electron chi connectivity index (χ2n) is 11.0. The highest BCUT2D eigenvalue weighted by Crippen LogP contribution is 2.53. The number of benzene rings is 2. The first-order chi connectivity index (χ1) is 18.7. The maximum atomic E-state index is 13.2. The quantitative estimate of drug-likeness (QED) is 0.192. The lowest BCUT2D eigenvalue weighted by Gasteiger charge is -2.49. The minimum atomic E-state index is -1.81. The van der Waals surface area contributed by atoms with Crippen LogP contribution in [0.15, 0.2) is 59.8 Å². The Hall–Kier alpha value is -3.96. The average molecular weight is 556 g/mol. The van der Waals surface area contributed by atoms with E-state index in [4.69, 9.17) is 4.74 Å². The van der Waals surface area contributed by atoms with Crippen molar-refractivity contribution in [2.24, 2.45) is 5.41 Å². The molecular weight excluding hydrogens is 518 g/mol. The molecule has 0 aliphatic carbocycles. The van der Waals surface area contributed by atoms with E-state index in [1.165, 1.54) is 31.2 Å². The van der Waals surface area contributed by atoms with E-state index in [-0.39, 0.29) is 42.1 Å². The van der Waals surface area contributed by atoms with Crippen LogP contribution in [0.2, 0.25) is 0 Å². The standard InChI is InChI=1S/C29H37N3O8/c1-17-10-6-9-13-23(17)40-15-20(33)14-30-28(4,5)16-29(27(36)37)19(3)31-18(2)24(26(34)35)25(29)21-11-7-8-12-22(21)32(38)39/h6-13,19-20,25,30-31,33H,14-16H2,1-5H3,(H,34,35)(H,36,37). The number of rotatable bonds is 12. The summed E-state index contributed by atoms with van der Waals surface area (Å²) in [5, 5.41) is 49.7. The lowest BCUT2D eigenvalue weighted by atomic mass is 9.58. The number of para-hydroxylation sites is 2. The summed E-state index contributed by atoms with van der Waals surface area (Å²) in [6.07, 6.45) is -1.04. The number of nitro groups is 1. The Balaban J connectivity index is 1.97. The summed E-state index contributed by atoms with van der Waals surface area (Å²) in [7, 11) is 0. The fourth-order valence-electron chi connectivity index (χ4n) is 5.66. The second kappa shape index (κ2) is 12.1. The number of allylic oxidation sites excluding steroid dienone is 1. The normalized spacial score (nSPS) is 21.9. The third kappa shape index (κ3) is 6.26. The van der Waals surface area contributed by atoms with Crippen molar-refractivity contribution in [2.75, 3.05) is 13.2 Å². The summed E-state index contributed by atoms with van der Waals surface area (Å²) in [4.78, 5) is 37.1. The van der Waals surface area contributed by atoms with Crippen LogP contribution < -0.4 is 15.4 Å². The summed E-state index contributed by atoms with van der Waals surface area (Å²) in [5.74, 6) is -3.35. The first-order valence-corrected chi connectivity index (χ1v) is 13.0. The van der Waals surface area contributed by atoms with Crippen LogP contribution in [-0.4, -0.2) is 63.0 Å². The molecule has 2 aromatic rings. The van der Waals surface area contributed by atoms with E-state index in [9.17, 15) is 35.0 Å². The monoisotopic (exact) mass is 555 g/mol. The van der Waals surface area contributed by atoms with Gasteiger partial charge in [-0.1, -0.05) is 36.4 Å². The molecule has 0 saturated heterocycles. The van der Waals surface area contributed by atoms with Crippen LogP contribution in [0, 0.1) is 22.5 Å². The first kappa shape index (κ1) is 30.6. The number of aliphatic hydroxyl groups is 1. The van der Waals surface area contributed by atoms with Gasteiger partial charge in [0.1, 0.15) is 23.9 Å². The molecule has 0 bridgehead atoms. The van der Waals surface area contributed by atoms with Crippen LogP contribution in [0.5, 0.6) is 5.75 Å². The predicted molar refractivity (Wildman–Crippen MR) is 148 cm³/mol. The SMILES string of the molecule is CC1=C(C(=O)O)C(c2ccccc2[N+](=O)[O-])C(CC(C)(C)NCC(O)COc2ccccc2C)(C(=O)O)C(C)N1. The molecule has 0 spiro atoms. The first-order valence-electron chi connectivity index (χ1n) is 13.0. The third-order valence-corrected chi connectivity index (χ3v) is 7.56. The Bertz CT molecular complexity index is 1310. The van der Waals surface area contributed by atoms with Gasteiger partial charge in [-0.2, -0.15) is 0 Å². The number of carbonyl (C=O) groups is 2. The highest BCUT2D eigenvalue weighted by molar-refractivity contribution is 5.93. The summed E-state index contributed by atoms with van der Waals surface area (Å²) >= 11 is 0. The van der Waals surface area contributed by atoms with Gasteiger partial charge in [0.15, 0.2) is 0 Å². The number of β-amino-alcohol motifs (C(OH)–C–C–N with tert-alkyl or cyclic N) is 1. The topological polar surface area (TPSA) is 171 Å². The lowest BCUT2D eigenvalue weighted by molar-refractivity contribution is -0.385. The number of nitrogens with zero attached hydrogens (tertiary/aromatic N) is 1. The molecule has 40 heavy (non-hydrogen) atoms. The number of carboxylic acids is 2. The van der Waals surface area contributed by atoms with Crippen LogP contribution >= 0.6 is 0 Å². The minimum Gasteiger partial charge on any atom is -0.491 e. The van der Waals surface area contributed by atoms with Crippen LogP contribution in [-0.2, 0) is 9.59 Å². The van der Waals surface area contributed by atoms with Gasteiger partial charge >= 0.3 is 11.9 Å². The van der Waals surface area contributed by atoms with E-state index in [0.717, 1.165) is 5.56 Å². The van der Waals surface area contributed by atoms with E-state index in [0.29, 0.717) is 5.75 Å². The molecule has 0 radical (unpaired) electrons. The zero-order valence-corrected chi connectivity index (χ0v) is 23.3. The minimum absolute atomic E-state index is 0.000104. The van der Waals surface area contributed by atoms with E-state index < -0.39 is 45.9 Å². The van der Waals surface area contributed by atoms with Crippen molar-refractivity contribution in [1.29, 1.82) is 0 Å². The molecule has 4 atom stereocenters. The number of aryl methyl sites for hydroxylation is 1. The number of nitro benzene ring substituents is 1. The van der Waals surface area contributed by atoms with Gasteiger partial charge in [0.2, 0.25) is 0 Å². The van der Waals surface area contributed by atoms with Gasteiger partial charge in [0.05, 0.1) is 10.5 Å². The van der Waals surface area contributed by atoms with Gasteiger partial charge in [-0.25, -0.2) is 4.79 Å². The van der Waals surface area contributed by atoms with E-state index >= 15 is 0 Å². The maximum absolute atomic E-state index is 13.2. The Morgan fingerprint density at radius 2 is 1.77 bits per heavy atom. The largest absolute Gasteiger partial charge is 0.491 e. The molecule has 0 fully saturated rings. The molecule has 2 aromatic carbocycles. The number of hydrogen-bond donors (Lipinski definition) is 5. The molecule has 1 aliphatic rings. The van der Waals surface area contributed by atoms with E-state index in [2.05, 4.69) is 10.6 Å². The Morgan fingerprint density at radius 3 is 2.38 bits per heavy atom. The summed E-state index contributed by atoms with van der Waals surface area (Å²) < 4.78 is 5.72. The molecular formula is C29H37N3O8. The van der Waals surface area contributed by atoms with Crippen LogP contribution in [0.25, 0.3) is 0 Å². The van der Waals surface area contributed by atoms with Crippen molar-refractivity contribution >= 4 is 17.6 Å². The van der Waals surface area contributed by atoms with Crippen molar-refractivity contribution in [1.82, 2.24) is 10.6 Å². The van der Waals surface area contributed by atoms with Crippen molar-refractivity contribution < 1.29 is 34.6 Å². The van der Waals surface area contributed by atoms with Gasteiger partial charge in [-0.3, -0.25) is 14.9 Å². The molecule has 5 N–H and O–H groups in total. The second-order valence-corrected chi connectivity index (χ2v) is 11.0. The summed E-state index contributed by atoms with van der Waals surface area (Å²) in [6, 6.07) is 12.3. The molecule has 0 aromatic heterocycles. The Morgan fingerprint density at radius 1 is 1.15 bits per heavy atom. The lowest BCUT2D eigenvalue weighted by Crippen LogP contribution is -2.61. The zero-order chi connectivity index (χ0) is 29.8. The fourth-order valence-corrected chi connectivity index (χ4v) is 5.66. The van der Waals surface area contributed by atoms with E-state index in [1.54, 1.807) is 26.8 Å². The number of hydrogen-bond acceptors (Lipinski definition) is 8. The average Bonchev–Trinajstić information content (AvgIpc) is 2.87. The summed E-state index contributed by atoms with van der Waals surface area (Å²) in [5.41, 5.74) is -2.17. The van der Waals surface area contributed by atoms with Crippen LogP contribution in [0.1, 0.15) is 51.2 Å². The highest BCUT2D eigenvalue weighted by Gasteiger charge is 2.59. The number of aliphatic carboxylic acids is 2. The van der Waals surface area contributed by atoms with Gasteiger partial charge in [-0.05, 0) is 52.7 Å². The van der Waals surface area contributed by atoms with Crippen LogP contribution in [0.4, 0.5) is 5.69 Å². The van der Waals surface area contributed by atoms with Crippen molar-refractivity contribution in [3.63, 3.8) is 0 Å². The third-order valence-electron chi connectivity index (χ3n) is 7.56. The Kier molecular flexibility index (Phi) is 9.21. The molecule has 0 amide bonds. The molecule has 1 aliphatic heterocycles. The molecule has 4 unspecified atom stereocenters. The number of carboxylic acid groups (broad SMARTS) is 2. The fraction of sp³-hybridized carbons (Fsp3) is 0.448. The number of ether oxygens (including phenoxy) is 1. The molecule has 3 rings (SSSR count). The van der Waals surface area contributed by atoms with Crippen molar-refractivity contribution in [3.8, 4) is 5.75 Å². The maximum Gasteiger partial charge on any atom is 0.333 e. The van der Waals surface area contributed by atoms with Gasteiger partial charge in [0.25, 0.3) is 5.69 Å². The van der Waals surface area contributed by atoms with Crippen molar-refractivity contribution in [2.45, 2.75) is 64.6 Å². The molecule has 216 valence electrons. The zero-order valence-electron chi connectivity index (χ0n) is 23.3. The van der Waals surface area contributed by atoms with Gasteiger partial charge < -0.3 is 30.7 Å². The highest BCUT2D eigenvalue weighted by atomic mass is 16.6. The van der Waals surface area contributed by atoms with Gasteiger partial charge in [-0.15, -0.1) is 0 Å². The molecule has 11 heteroatoms. The molecule has 11 nitrogen and oxygen atoms in total. The smallest absolute Gasteiger partial charge is 0.333 e. The Labute approximate surface area is 233 Å². The number of aliphatic hydroxyl groups excluding tert-OH is 1. The van der Waals surface area contributed by atoms with Gasteiger partial charge in [0, 0.05) is 41.4 Å². The van der Waals surface area contributed by atoms with E-state index in [1.807, 2.05) is 25.1 Å². The number of nitrogens with one attached hydrogen (secondary N) is 2. The predicted octanol–water partition coefficient (Wildman–Crippen LogP) is 3.61. The summed E-state index contributed by atoms with van der Waals surface area (Å²) in [6.45, 7) is 8.62. The molecule has 0 saturated carbocycles. The van der Waals surface area contributed by atoms with Crippen molar-refractivity contribution in [3.05, 3.63) is 81.0 Å².